The molecule has 1 aromatic carbocycles. The summed E-state index contributed by atoms with van der Waals surface area (Å²) in [5, 5.41) is 9.12. The number of methoxy groups -OCH3 is 3. The third-order valence-electron chi connectivity index (χ3n) is 3.01. The van der Waals surface area contributed by atoms with Gasteiger partial charge in [0, 0.05) is 11.8 Å². The summed E-state index contributed by atoms with van der Waals surface area (Å²) in [4.78, 5) is 4.15. The van der Waals surface area contributed by atoms with Crippen LogP contribution in [0.1, 0.15) is 16.8 Å². The molecular formula is C17H17NO4. The smallest absolute Gasteiger partial charge is 0.203 e. The highest BCUT2D eigenvalue weighted by Gasteiger charge is 2.12. The molecule has 0 aliphatic heterocycles. The van der Waals surface area contributed by atoms with Crippen molar-refractivity contribution in [3.63, 3.8) is 0 Å². The second kappa shape index (κ2) is 7.34. The number of pyridine rings is 1. The lowest BCUT2D eigenvalue weighted by Crippen LogP contribution is -1.95. The fourth-order valence-electron chi connectivity index (χ4n) is 1.93. The van der Waals surface area contributed by atoms with Crippen molar-refractivity contribution in [1.82, 2.24) is 4.98 Å². The van der Waals surface area contributed by atoms with Crippen molar-refractivity contribution in [3.05, 3.63) is 47.3 Å². The van der Waals surface area contributed by atoms with Crippen LogP contribution in [0.25, 0.3) is 0 Å². The van der Waals surface area contributed by atoms with Crippen molar-refractivity contribution in [2.75, 3.05) is 21.3 Å². The van der Waals surface area contributed by atoms with Crippen LogP contribution in [0, 0.1) is 11.8 Å². The van der Waals surface area contributed by atoms with Crippen LogP contribution in [0.15, 0.2) is 30.5 Å². The van der Waals surface area contributed by atoms with Crippen LogP contribution in [0.5, 0.6) is 17.2 Å². The summed E-state index contributed by atoms with van der Waals surface area (Å²) in [7, 11) is 4.66. The molecule has 0 saturated heterocycles. The molecule has 114 valence electrons. The Balaban J connectivity index is 2.39. The molecule has 1 aromatic heterocycles. The zero-order valence-corrected chi connectivity index (χ0v) is 12.7. The fourth-order valence-corrected chi connectivity index (χ4v) is 1.93. The van der Waals surface area contributed by atoms with Crippen LogP contribution in [0.4, 0.5) is 0 Å². The molecule has 0 fully saturated rings. The first-order valence-electron chi connectivity index (χ1n) is 6.59. The molecule has 0 saturated carbocycles. The van der Waals surface area contributed by atoms with E-state index in [0.29, 0.717) is 28.5 Å². The SMILES string of the molecule is COc1cc(C#Cc2cc(CO)ccn2)cc(OC)c1OC. The van der Waals surface area contributed by atoms with Crippen molar-refractivity contribution >= 4 is 0 Å². The fraction of sp³-hybridized carbons (Fsp3) is 0.235. The van der Waals surface area contributed by atoms with E-state index in [1.165, 1.54) is 0 Å². The average Bonchev–Trinajstić information content (AvgIpc) is 2.58. The van der Waals surface area contributed by atoms with Crippen molar-refractivity contribution < 1.29 is 19.3 Å². The first kappa shape index (κ1) is 15.7. The van der Waals surface area contributed by atoms with E-state index in [0.717, 1.165) is 5.56 Å². The third-order valence-corrected chi connectivity index (χ3v) is 3.01. The van der Waals surface area contributed by atoms with Crippen LogP contribution in [-0.2, 0) is 6.61 Å². The van der Waals surface area contributed by atoms with Gasteiger partial charge in [0.25, 0.3) is 0 Å². The van der Waals surface area contributed by atoms with Gasteiger partial charge < -0.3 is 19.3 Å². The van der Waals surface area contributed by atoms with Crippen LogP contribution in [0.3, 0.4) is 0 Å². The van der Waals surface area contributed by atoms with Crippen molar-refractivity contribution in [3.8, 4) is 29.1 Å². The molecule has 0 atom stereocenters. The van der Waals surface area contributed by atoms with Crippen LogP contribution >= 0.6 is 0 Å². The molecule has 0 aliphatic carbocycles. The second-order valence-electron chi connectivity index (χ2n) is 4.37. The quantitative estimate of drug-likeness (QED) is 0.875. The van der Waals surface area contributed by atoms with Gasteiger partial charge in [0.15, 0.2) is 11.5 Å². The maximum absolute atomic E-state index is 9.12. The number of aliphatic hydroxyl groups is 1. The minimum Gasteiger partial charge on any atom is -0.493 e. The monoisotopic (exact) mass is 299 g/mol. The molecule has 0 radical (unpaired) electrons. The number of aliphatic hydroxyl groups excluding tert-OH is 1. The van der Waals surface area contributed by atoms with Gasteiger partial charge in [-0.25, -0.2) is 4.98 Å². The van der Waals surface area contributed by atoms with Gasteiger partial charge in [-0.3, -0.25) is 0 Å². The number of hydrogen-bond donors (Lipinski definition) is 1. The molecule has 22 heavy (non-hydrogen) atoms. The predicted molar refractivity (Wildman–Crippen MR) is 82.2 cm³/mol. The Kier molecular flexibility index (Phi) is 5.23. The summed E-state index contributed by atoms with van der Waals surface area (Å²) in [6.07, 6.45) is 1.62. The van der Waals surface area contributed by atoms with E-state index in [9.17, 15) is 0 Å². The lowest BCUT2D eigenvalue weighted by atomic mass is 10.1. The van der Waals surface area contributed by atoms with Gasteiger partial charge in [0.1, 0.15) is 5.69 Å². The Bertz CT molecular complexity index is 691. The number of benzene rings is 1. The van der Waals surface area contributed by atoms with E-state index in [1.54, 1.807) is 51.8 Å². The molecule has 0 bridgehead atoms. The lowest BCUT2D eigenvalue weighted by molar-refractivity contribution is 0.281. The van der Waals surface area contributed by atoms with E-state index in [2.05, 4.69) is 16.8 Å². The van der Waals surface area contributed by atoms with Gasteiger partial charge in [-0.2, -0.15) is 0 Å². The first-order valence-corrected chi connectivity index (χ1v) is 6.59. The maximum Gasteiger partial charge on any atom is 0.203 e. The third kappa shape index (κ3) is 3.48. The number of aromatic nitrogens is 1. The number of ether oxygens (including phenoxy) is 3. The van der Waals surface area contributed by atoms with Gasteiger partial charge in [0.2, 0.25) is 5.75 Å². The molecule has 1 N–H and O–H groups in total. The van der Waals surface area contributed by atoms with Gasteiger partial charge in [-0.15, -0.1) is 0 Å². The number of rotatable bonds is 4. The zero-order chi connectivity index (χ0) is 15.9. The highest BCUT2D eigenvalue weighted by molar-refractivity contribution is 5.57. The normalized spacial score (nSPS) is 9.64. The van der Waals surface area contributed by atoms with E-state index < -0.39 is 0 Å². The Morgan fingerprint density at radius 3 is 2.23 bits per heavy atom. The van der Waals surface area contributed by atoms with Gasteiger partial charge in [-0.1, -0.05) is 5.92 Å². The lowest BCUT2D eigenvalue weighted by Gasteiger charge is -2.12. The van der Waals surface area contributed by atoms with Gasteiger partial charge in [0.05, 0.1) is 27.9 Å². The predicted octanol–water partition coefficient (Wildman–Crippen LogP) is 2.00. The van der Waals surface area contributed by atoms with Crippen LogP contribution in [-0.4, -0.2) is 31.4 Å². The highest BCUT2D eigenvalue weighted by Crippen LogP contribution is 2.37. The van der Waals surface area contributed by atoms with E-state index in [-0.39, 0.29) is 6.61 Å². The summed E-state index contributed by atoms with van der Waals surface area (Å²) < 4.78 is 15.8. The van der Waals surface area contributed by atoms with Crippen molar-refractivity contribution in [2.24, 2.45) is 0 Å². The summed E-state index contributed by atoms with van der Waals surface area (Å²) in [6.45, 7) is -0.0403. The summed E-state index contributed by atoms with van der Waals surface area (Å²) in [5.41, 5.74) is 2.06. The Labute approximate surface area is 129 Å². The Morgan fingerprint density at radius 2 is 1.68 bits per heavy atom. The standard InChI is InChI=1S/C17H17NO4/c1-20-15-9-12(10-16(21-2)17(15)22-3)4-5-14-8-13(11-19)6-7-18-14/h6-10,19H,11H2,1-3H3. The molecule has 2 rings (SSSR count). The molecule has 0 aliphatic rings. The maximum atomic E-state index is 9.12. The Hall–Kier alpha value is -2.71. The Morgan fingerprint density at radius 1 is 1.00 bits per heavy atom. The molecule has 0 amide bonds. The summed E-state index contributed by atoms with van der Waals surface area (Å²) in [6, 6.07) is 7.02. The first-order chi connectivity index (χ1) is 10.7. The minimum absolute atomic E-state index is 0.0403. The molecule has 2 aromatic rings. The topological polar surface area (TPSA) is 60.8 Å². The zero-order valence-electron chi connectivity index (χ0n) is 12.7. The second-order valence-corrected chi connectivity index (χ2v) is 4.37. The van der Waals surface area contributed by atoms with Crippen molar-refractivity contribution in [1.29, 1.82) is 0 Å². The van der Waals surface area contributed by atoms with E-state index >= 15 is 0 Å². The number of hydrogen-bond acceptors (Lipinski definition) is 5. The van der Waals surface area contributed by atoms with Gasteiger partial charge in [-0.05, 0) is 35.7 Å². The van der Waals surface area contributed by atoms with E-state index in [1.807, 2.05) is 0 Å². The van der Waals surface area contributed by atoms with Gasteiger partial charge >= 0.3 is 0 Å². The number of nitrogens with zero attached hydrogens (tertiary/aromatic N) is 1. The molecule has 0 unspecified atom stereocenters. The van der Waals surface area contributed by atoms with E-state index in [4.69, 9.17) is 19.3 Å². The molecule has 5 heteroatoms. The highest BCUT2D eigenvalue weighted by atomic mass is 16.5. The summed E-state index contributed by atoms with van der Waals surface area (Å²) in [5.74, 6) is 7.57. The summed E-state index contributed by atoms with van der Waals surface area (Å²) >= 11 is 0. The van der Waals surface area contributed by atoms with Crippen LogP contribution in [0.2, 0.25) is 0 Å². The molecule has 1 heterocycles. The largest absolute Gasteiger partial charge is 0.493 e. The molecule has 0 spiro atoms. The van der Waals surface area contributed by atoms with Crippen LogP contribution < -0.4 is 14.2 Å². The molecular weight excluding hydrogens is 282 g/mol. The van der Waals surface area contributed by atoms with Crippen molar-refractivity contribution in [2.45, 2.75) is 6.61 Å². The molecule has 5 nitrogen and oxygen atoms in total. The average molecular weight is 299 g/mol. The minimum atomic E-state index is -0.0403.